The molecule has 0 saturated heterocycles. The first-order valence-corrected chi connectivity index (χ1v) is 9.84. The third-order valence-electron chi connectivity index (χ3n) is 4.68. The van der Waals surface area contributed by atoms with Crippen molar-refractivity contribution in [2.24, 2.45) is 5.10 Å². The van der Waals surface area contributed by atoms with E-state index in [9.17, 15) is 4.79 Å². The van der Waals surface area contributed by atoms with Crippen LogP contribution >= 0.6 is 27.5 Å². The van der Waals surface area contributed by atoms with Gasteiger partial charge >= 0.3 is 6.03 Å². The maximum atomic E-state index is 13.1. The van der Waals surface area contributed by atoms with Crippen LogP contribution in [0, 0.1) is 0 Å². The molecule has 2 aromatic carbocycles. The van der Waals surface area contributed by atoms with Gasteiger partial charge in [-0.2, -0.15) is 5.10 Å². The number of benzene rings is 2. The zero-order valence-electron chi connectivity index (χ0n) is 16.1. The van der Waals surface area contributed by atoms with E-state index in [1.165, 1.54) is 12.1 Å². The van der Waals surface area contributed by atoms with Crippen LogP contribution < -0.4 is 14.4 Å². The highest BCUT2D eigenvalue weighted by Gasteiger charge is 2.28. The van der Waals surface area contributed by atoms with Crippen LogP contribution in [0.15, 0.2) is 39.9 Å². The number of fused-ring (bicyclic) bond motifs is 1. The second-order valence-corrected chi connectivity index (χ2v) is 7.75. The number of carbonyl (C=O) groups excluding carboxylic acids is 1. The number of methoxy groups -OCH3 is 2. The van der Waals surface area contributed by atoms with Gasteiger partial charge in [0, 0.05) is 22.8 Å². The van der Waals surface area contributed by atoms with E-state index < -0.39 is 0 Å². The van der Waals surface area contributed by atoms with Crippen LogP contribution in [0.5, 0.6) is 11.5 Å². The molecule has 28 heavy (non-hydrogen) atoms. The van der Waals surface area contributed by atoms with Crippen molar-refractivity contribution in [1.82, 2.24) is 5.01 Å². The van der Waals surface area contributed by atoms with E-state index in [-0.39, 0.29) is 12.1 Å². The molecule has 148 valence electrons. The minimum absolute atomic E-state index is 0.169. The number of ether oxygens (including phenoxy) is 2. The molecule has 1 unspecified atom stereocenters. The van der Waals surface area contributed by atoms with E-state index in [0.29, 0.717) is 22.9 Å². The lowest BCUT2D eigenvalue weighted by Gasteiger charge is -2.28. The van der Waals surface area contributed by atoms with E-state index in [0.717, 1.165) is 21.3 Å². The van der Waals surface area contributed by atoms with E-state index in [1.807, 2.05) is 37.3 Å². The van der Waals surface area contributed by atoms with Crippen LogP contribution in [0.1, 0.15) is 18.1 Å². The molecule has 0 N–H and O–H groups in total. The first-order valence-electron chi connectivity index (χ1n) is 8.67. The first kappa shape index (κ1) is 20.5. The molecule has 0 saturated carbocycles. The highest BCUT2D eigenvalue weighted by Crippen LogP contribution is 2.40. The van der Waals surface area contributed by atoms with Crippen LogP contribution in [0.3, 0.4) is 0 Å². The number of nitrogens with zero attached hydrogens (tertiary/aromatic N) is 3. The van der Waals surface area contributed by atoms with Crippen molar-refractivity contribution in [3.8, 4) is 11.5 Å². The maximum absolute atomic E-state index is 13.1. The standard InChI is InChI=1S/C20H21BrClN3O3/c1-12-9-13-10-17(27-3)19(28-4)18(22)16(13)11-23-25(12)20(26)24(2)15-7-5-14(21)6-8-15/h5-8,10-12H,9H2,1-4H3. The van der Waals surface area contributed by atoms with Gasteiger partial charge in [-0.1, -0.05) is 27.5 Å². The molecule has 2 amide bonds. The Morgan fingerprint density at radius 1 is 1.29 bits per heavy atom. The van der Waals surface area contributed by atoms with Crippen molar-refractivity contribution >= 4 is 45.5 Å². The minimum atomic E-state index is -0.228. The lowest BCUT2D eigenvalue weighted by atomic mass is 10.0. The first-order chi connectivity index (χ1) is 13.4. The quantitative estimate of drug-likeness (QED) is 0.643. The maximum Gasteiger partial charge on any atom is 0.344 e. The predicted octanol–water partition coefficient (Wildman–Crippen LogP) is 4.96. The number of halogens is 2. The van der Waals surface area contributed by atoms with Crippen LogP contribution in [-0.4, -0.2) is 44.6 Å². The number of hydrazone groups is 1. The van der Waals surface area contributed by atoms with Gasteiger partial charge < -0.3 is 9.47 Å². The molecule has 1 aliphatic heterocycles. The third-order valence-corrected chi connectivity index (χ3v) is 5.58. The number of rotatable bonds is 3. The second-order valence-electron chi connectivity index (χ2n) is 6.46. The minimum Gasteiger partial charge on any atom is -0.493 e. The Hall–Kier alpha value is -2.25. The van der Waals surface area contributed by atoms with Gasteiger partial charge in [0.05, 0.1) is 31.5 Å². The van der Waals surface area contributed by atoms with Crippen molar-refractivity contribution < 1.29 is 14.3 Å². The summed E-state index contributed by atoms with van der Waals surface area (Å²) in [4.78, 5) is 14.6. The highest BCUT2D eigenvalue weighted by molar-refractivity contribution is 9.10. The van der Waals surface area contributed by atoms with Crippen LogP contribution in [0.4, 0.5) is 10.5 Å². The topological polar surface area (TPSA) is 54.4 Å². The lowest BCUT2D eigenvalue weighted by molar-refractivity contribution is 0.190. The van der Waals surface area contributed by atoms with E-state index in [1.54, 1.807) is 25.3 Å². The number of urea groups is 1. The summed E-state index contributed by atoms with van der Waals surface area (Å²) in [6.07, 6.45) is 2.19. The summed E-state index contributed by atoms with van der Waals surface area (Å²) in [5, 5.41) is 6.32. The molecular formula is C20H21BrClN3O3. The van der Waals surface area contributed by atoms with Crippen LogP contribution in [-0.2, 0) is 6.42 Å². The van der Waals surface area contributed by atoms with Gasteiger partial charge in [0.25, 0.3) is 0 Å². The van der Waals surface area contributed by atoms with Crippen molar-refractivity contribution in [2.75, 3.05) is 26.2 Å². The van der Waals surface area contributed by atoms with Crippen molar-refractivity contribution in [1.29, 1.82) is 0 Å². The Kier molecular flexibility index (Phi) is 6.15. The van der Waals surface area contributed by atoms with Gasteiger partial charge in [0.15, 0.2) is 11.5 Å². The van der Waals surface area contributed by atoms with Gasteiger partial charge in [-0.3, -0.25) is 4.90 Å². The summed E-state index contributed by atoms with van der Waals surface area (Å²) >= 11 is 9.92. The molecule has 1 aliphatic rings. The Morgan fingerprint density at radius 3 is 2.57 bits per heavy atom. The summed E-state index contributed by atoms with van der Waals surface area (Å²) in [7, 11) is 4.83. The van der Waals surface area contributed by atoms with Crippen molar-refractivity contribution in [3.05, 3.63) is 51.0 Å². The average Bonchev–Trinajstić information content (AvgIpc) is 2.85. The summed E-state index contributed by atoms with van der Waals surface area (Å²) in [5.41, 5.74) is 2.45. The normalized spacial score (nSPS) is 15.6. The second kappa shape index (κ2) is 8.41. The fraction of sp³-hybridized carbons (Fsp3) is 0.300. The highest BCUT2D eigenvalue weighted by atomic mass is 79.9. The Balaban J connectivity index is 1.93. The van der Waals surface area contributed by atoms with Gasteiger partial charge in [0.2, 0.25) is 0 Å². The molecule has 8 heteroatoms. The van der Waals surface area contributed by atoms with Crippen LogP contribution in [0.2, 0.25) is 5.02 Å². The number of hydrogen-bond acceptors (Lipinski definition) is 4. The van der Waals surface area contributed by atoms with Gasteiger partial charge in [-0.15, -0.1) is 0 Å². The monoisotopic (exact) mass is 465 g/mol. The molecule has 3 rings (SSSR count). The summed E-state index contributed by atoms with van der Waals surface area (Å²) in [6.45, 7) is 1.95. The molecule has 1 heterocycles. The third kappa shape index (κ3) is 3.82. The van der Waals surface area contributed by atoms with Gasteiger partial charge in [-0.25, -0.2) is 9.80 Å². The van der Waals surface area contributed by atoms with Crippen molar-refractivity contribution in [3.63, 3.8) is 0 Å². The summed E-state index contributed by atoms with van der Waals surface area (Å²) in [6, 6.07) is 9.01. The number of anilines is 1. The molecular weight excluding hydrogens is 446 g/mol. The van der Waals surface area contributed by atoms with E-state index in [4.69, 9.17) is 21.1 Å². The van der Waals surface area contributed by atoms with E-state index in [2.05, 4.69) is 21.0 Å². The van der Waals surface area contributed by atoms with E-state index >= 15 is 0 Å². The SMILES string of the molecule is COc1cc2c(c(Cl)c1OC)C=NN(C(=O)N(C)c1ccc(Br)cc1)C(C)C2. The van der Waals surface area contributed by atoms with Gasteiger partial charge in [0.1, 0.15) is 0 Å². The fourth-order valence-corrected chi connectivity index (χ4v) is 3.73. The molecule has 6 nitrogen and oxygen atoms in total. The van der Waals surface area contributed by atoms with Gasteiger partial charge in [-0.05, 0) is 49.2 Å². The number of hydrogen-bond donors (Lipinski definition) is 0. The Morgan fingerprint density at radius 2 is 1.96 bits per heavy atom. The summed E-state index contributed by atoms with van der Waals surface area (Å²) in [5.74, 6) is 1.01. The lowest BCUT2D eigenvalue weighted by Crippen LogP contribution is -2.43. The average molecular weight is 467 g/mol. The zero-order valence-corrected chi connectivity index (χ0v) is 18.4. The molecule has 0 fully saturated rings. The fourth-order valence-electron chi connectivity index (χ4n) is 3.13. The Bertz CT molecular complexity index is 918. The molecule has 0 aromatic heterocycles. The van der Waals surface area contributed by atoms with Crippen molar-refractivity contribution in [2.45, 2.75) is 19.4 Å². The molecule has 0 spiro atoms. The zero-order chi connectivity index (χ0) is 20.4. The Labute approximate surface area is 177 Å². The predicted molar refractivity (Wildman–Crippen MR) is 115 cm³/mol. The number of amides is 2. The molecule has 0 radical (unpaired) electrons. The molecule has 0 bridgehead atoms. The summed E-state index contributed by atoms with van der Waals surface area (Å²) < 4.78 is 11.7. The van der Waals surface area contributed by atoms with Crippen LogP contribution in [0.25, 0.3) is 0 Å². The largest absolute Gasteiger partial charge is 0.493 e. The molecule has 2 aromatic rings. The molecule has 1 atom stereocenters. The molecule has 0 aliphatic carbocycles. The smallest absolute Gasteiger partial charge is 0.344 e. The number of carbonyl (C=O) groups is 1.